The number of rotatable bonds is 5. The van der Waals surface area contributed by atoms with Crippen LogP contribution in [0.25, 0.3) is 0 Å². The summed E-state index contributed by atoms with van der Waals surface area (Å²) in [5.74, 6) is 0.233. The Morgan fingerprint density at radius 3 is 2.65 bits per heavy atom. The van der Waals surface area contributed by atoms with Gasteiger partial charge in [0.05, 0.1) is 18.8 Å². The van der Waals surface area contributed by atoms with E-state index >= 15 is 0 Å². The zero-order valence-electron chi connectivity index (χ0n) is 18.0. The molecule has 1 aromatic heterocycles. The molecule has 3 atom stereocenters. The van der Waals surface area contributed by atoms with Gasteiger partial charge in [-0.3, -0.25) is 9.53 Å². The zero-order valence-corrected chi connectivity index (χ0v) is 18.0. The number of fused-ring (bicyclic) bond motifs is 1. The first kappa shape index (κ1) is 23.0. The highest BCUT2D eigenvalue weighted by Gasteiger charge is 2.43. The fourth-order valence-electron chi connectivity index (χ4n) is 4.49. The minimum absolute atomic E-state index is 0.170. The lowest BCUT2D eigenvalue weighted by atomic mass is 9.82. The fourth-order valence-corrected chi connectivity index (χ4v) is 4.49. The average Bonchev–Trinajstić information content (AvgIpc) is 3.25. The Hall–Kier alpha value is -2.73. The first-order chi connectivity index (χ1) is 16.2. The Morgan fingerprint density at radius 1 is 1.12 bits per heavy atom. The lowest BCUT2D eigenvalue weighted by Gasteiger charge is -2.33. The summed E-state index contributed by atoms with van der Waals surface area (Å²) in [4.78, 5) is 12.6. The smallest absolute Gasteiger partial charge is 0.480 e. The number of carbonyl (C=O) groups excluding carboxylic acids is 1. The molecule has 5 rings (SSSR count). The summed E-state index contributed by atoms with van der Waals surface area (Å²) in [7, 11) is 0. The van der Waals surface area contributed by atoms with Crippen molar-refractivity contribution in [3.63, 3.8) is 0 Å². The number of nitrogens with one attached hydrogen (secondary N) is 1. The normalized spacial score (nSPS) is 29.0. The second kappa shape index (κ2) is 9.14. The summed E-state index contributed by atoms with van der Waals surface area (Å²) in [6.07, 6.45) is -4.13. The second-order valence-corrected chi connectivity index (χ2v) is 8.83. The number of hydrogen-bond acceptors (Lipinski definition) is 7. The second-order valence-electron chi connectivity index (χ2n) is 8.83. The van der Waals surface area contributed by atoms with E-state index < -0.39 is 24.7 Å². The van der Waals surface area contributed by atoms with E-state index in [0.29, 0.717) is 31.4 Å². The quantitative estimate of drug-likeness (QED) is 0.645. The number of halogens is 4. The van der Waals surface area contributed by atoms with Crippen molar-refractivity contribution in [2.24, 2.45) is 0 Å². The number of ether oxygens (including phenoxy) is 3. The van der Waals surface area contributed by atoms with Gasteiger partial charge in [0, 0.05) is 5.92 Å². The summed E-state index contributed by atoms with van der Waals surface area (Å²) in [6, 6.07) is 4.04. The molecule has 1 aliphatic carbocycles. The van der Waals surface area contributed by atoms with Gasteiger partial charge in [-0.2, -0.15) is 0 Å². The van der Waals surface area contributed by atoms with Crippen LogP contribution in [0.5, 0.6) is 5.75 Å². The monoisotopic (exact) mass is 485 g/mol. The van der Waals surface area contributed by atoms with Crippen LogP contribution in [0.1, 0.15) is 61.5 Å². The molecule has 1 amide bonds. The molecule has 1 saturated carbocycles. The Labute approximate surface area is 191 Å². The van der Waals surface area contributed by atoms with E-state index in [1.807, 2.05) is 0 Å². The van der Waals surface area contributed by atoms with Crippen LogP contribution in [0.4, 0.5) is 17.6 Å². The van der Waals surface area contributed by atoms with E-state index in [4.69, 9.17) is 13.9 Å². The van der Waals surface area contributed by atoms with Crippen LogP contribution in [-0.4, -0.2) is 47.3 Å². The number of aromatic nitrogens is 2. The molecule has 1 saturated heterocycles. The van der Waals surface area contributed by atoms with E-state index in [-0.39, 0.29) is 54.9 Å². The molecule has 12 heteroatoms. The number of amides is 1. The topological polar surface area (TPSA) is 95.7 Å². The SMILES string of the molecule is O=C(NC1CCC(c2nnc(C3CC(OC(F)(F)F)C3)o2)OC1)[C@@H]1CCc2cc(F)ccc2O1. The van der Waals surface area contributed by atoms with Gasteiger partial charge in [-0.1, -0.05) is 0 Å². The van der Waals surface area contributed by atoms with Gasteiger partial charge >= 0.3 is 6.36 Å². The minimum atomic E-state index is -4.65. The molecule has 1 N–H and O–H groups in total. The maximum atomic E-state index is 13.3. The van der Waals surface area contributed by atoms with Crippen LogP contribution >= 0.6 is 0 Å². The molecule has 2 aliphatic heterocycles. The van der Waals surface area contributed by atoms with Gasteiger partial charge in [0.1, 0.15) is 17.7 Å². The average molecular weight is 485 g/mol. The Balaban J connectivity index is 1.07. The lowest BCUT2D eigenvalue weighted by molar-refractivity contribution is -0.352. The number of aryl methyl sites for hydroxylation is 1. The number of nitrogens with zero attached hydrogens (tertiary/aromatic N) is 2. The first-order valence-electron chi connectivity index (χ1n) is 11.2. The molecule has 1 aromatic carbocycles. The van der Waals surface area contributed by atoms with Crippen molar-refractivity contribution in [1.82, 2.24) is 15.5 Å². The molecule has 3 heterocycles. The molecular weight excluding hydrogens is 462 g/mol. The fraction of sp³-hybridized carbons (Fsp3) is 0.591. The van der Waals surface area contributed by atoms with Crippen molar-refractivity contribution in [3.8, 4) is 5.75 Å². The lowest BCUT2D eigenvalue weighted by Crippen LogP contribution is -2.48. The van der Waals surface area contributed by atoms with Crippen LogP contribution in [0.15, 0.2) is 22.6 Å². The van der Waals surface area contributed by atoms with Crippen LogP contribution in [-0.2, 0) is 20.7 Å². The number of benzene rings is 1. The predicted octanol–water partition coefficient (Wildman–Crippen LogP) is 3.72. The van der Waals surface area contributed by atoms with Crippen molar-refractivity contribution in [1.29, 1.82) is 0 Å². The van der Waals surface area contributed by atoms with Crippen molar-refractivity contribution in [2.45, 2.75) is 75.2 Å². The van der Waals surface area contributed by atoms with Gasteiger partial charge in [0.2, 0.25) is 11.8 Å². The molecular formula is C22H23F4N3O5. The van der Waals surface area contributed by atoms with E-state index in [1.54, 1.807) is 0 Å². The van der Waals surface area contributed by atoms with E-state index in [9.17, 15) is 22.4 Å². The number of carbonyl (C=O) groups is 1. The molecule has 3 aliphatic rings. The predicted molar refractivity (Wildman–Crippen MR) is 106 cm³/mol. The Morgan fingerprint density at radius 2 is 1.91 bits per heavy atom. The highest BCUT2D eigenvalue weighted by atomic mass is 19.4. The summed E-state index contributed by atoms with van der Waals surface area (Å²) in [5, 5.41) is 10.9. The summed E-state index contributed by atoms with van der Waals surface area (Å²) in [6.45, 7) is 0.244. The highest BCUT2D eigenvalue weighted by molar-refractivity contribution is 5.81. The third kappa shape index (κ3) is 5.17. The number of alkyl halides is 3. The van der Waals surface area contributed by atoms with Crippen LogP contribution in [0.3, 0.4) is 0 Å². The first-order valence-corrected chi connectivity index (χ1v) is 11.2. The van der Waals surface area contributed by atoms with E-state index in [1.165, 1.54) is 18.2 Å². The largest absolute Gasteiger partial charge is 0.522 e. The molecule has 34 heavy (non-hydrogen) atoms. The van der Waals surface area contributed by atoms with Gasteiger partial charge in [0.15, 0.2) is 6.10 Å². The zero-order chi connectivity index (χ0) is 23.9. The van der Waals surface area contributed by atoms with Crippen molar-refractivity contribution in [3.05, 3.63) is 41.4 Å². The van der Waals surface area contributed by atoms with Gasteiger partial charge in [-0.25, -0.2) is 4.39 Å². The summed E-state index contributed by atoms with van der Waals surface area (Å²) < 4.78 is 71.3. The molecule has 2 aromatic rings. The molecule has 184 valence electrons. The third-order valence-electron chi connectivity index (χ3n) is 6.36. The molecule has 2 unspecified atom stereocenters. The van der Waals surface area contributed by atoms with Crippen molar-refractivity contribution in [2.75, 3.05) is 6.61 Å². The number of hydrogen-bond donors (Lipinski definition) is 1. The van der Waals surface area contributed by atoms with Crippen molar-refractivity contribution >= 4 is 5.91 Å². The molecule has 8 nitrogen and oxygen atoms in total. The maximum absolute atomic E-state index is 13.3. The standard InChI is InChI=1S/C22H23F4N3O5/c23-13-2-5-16-11(7-13)1-4-17(32-16)19(30)27-14-3-6-18(31-10-14)21-29-28-20(33-21)12-8-15(9-12)34-22(24,25)26/h2,5,7,12,14-15,17-18H,1,3-4,6,8-10H2,(H,27,30)/t12?,14?,15?,17-,18?/m0/s1. The third-order valence-corrected chi connectivity index (χ3v) is 6.36. The van der Waals surface area contributed by atoms with Gasteiger partial charge in [0.25, 0.3) is 5.91 Å². The van der Waals surface area contributed by atoms with Crippen LogP contribution in [0.2, 0.25) is 0 Å². The van der Waals surface area contributed by atoms with Gasteiger partial charge in [-0.15, -0.1) is 23.4 Å². The molecule has 0 bridgehead atoms. The highest BCUT2D eigenvalue weighted by Crippen LogP contribution is 2.41. The van der Waals surface area contributed by atoms with Crippen LogP contribution < -0.4 is 10.1 Å². The van der Waals surface area contributed by atoms with Gasteiger partial charge < -0.3 is 19.2 Å². The molecule has 2 fully saturated rings. The van der Waals surface area contributed by atoms with E-state index in [2.05, 4.69) is 20.3 Å². The Bertz CT molecular complexity index is 1030. The summed E-state index contributed by atoms with van der Waals surface area (Å²) in [5.41, 5.74) is 0.747. The van der Waals surface area contributed by atoms with Gasteiger partial charge in [-0.05, 0) is 62.3 Å². The minimum Gasteiger partial charge on any atom is -0.480 e. The van der Waals surface area contributed by atoms with Crippen molar-refractivity contribution < 1.29 is 41.0 Å². The Kier molecular flexibility index (Phi) is 6.19. The maximum Gasteiger partial charge on any atom is 0.522 e. The van der Waals surface area contributed by atoms with E-state index in [0.717, 1.165) is 5.56 Å². The molecule has 0 spiro atoms. The van der Waals surface area contributed by atoms with Crippen LogP contribution in [0, 0.1) is 5.82 Å². The summed E-state index contributed by atoms with van der Waals surface area (Å²) >= 11 is 0. The molecule has 0 radical (unpaired) electrons.